The van der Waals surface area contributed by atoms with Crippen molar-refractivity contribution in [1.29, 1.82) is 0 Å². The molecule has 1 N–H and O–H groups in total. The first-order chi connectivity index (χ1) is 12.1. The summed E-state index contributed by atoms with van der Waals surface area (Å²) in [5.74, 6) is 2.00. The number of carbonyl (C=O) groups excluding carboxylic acids is 1. The maximum atomic E-state index is 12.4. The Kier molecular flexibility index (Phi) is 4.48. The zero-order chi connectivity index (χ0) is 17.4. The van der Waals surface area contributed by atoms with Gasteiger partial charge in [-0.2, -0.15) is 0 Å². The Bertz CT molecular complexity index is 655. The summed E-state index contributed by atoms with van der Waals surface area (Å²) in [6.07, 6.45) is 7.91. The summed E-state index contributed by atoms with van der Waals surface area (Å²) in [6, 6.07) is 7.12. The minimum Gasteiger partial charge on any atom is -0.497 e. The van der Waals surface area contributed by atoms with Gasteiger partial charge in [0.1, 0.15) is 5.75 Å². The van der Waals surface area contributed by atoms with Gasteiger partial charge in [-0.25, -0.2) is 0 Å². The Balaban J connectivity index is 1.69. The molecular formula is C21H30N2O2. The number of benzene rings is 1. The van der Waals surface area contributed by atoms with Crippen molar-refractivity contribution in [2.75, 3.05) is 27.2 Å². The number of rotatable bonds is 5. The molecular weight excluding hydrogens is 312 g/mol. The summed E-state index contributed by atoms with van der Waals surface area (Å²) in [4.78, 5) is 15.1. The highest BCUT2D eigenvalue weighted by molar-refractivity contribution is 5.77. The van der Waals surface area contributed by atoms with Gasteiger partial charge in [-0.1, -0.05) is 6.07 Å². The van der Waals surface area contributed by atoms with Crippen molar-refractivity contribution in [2.45, 2.75) is 56.4 Å². The van der Waals surface area contributed by atoms with E-state index in [4.69, 9.17) is 4.74 Å². The Morgan fingerprint density at radius 2 is 2.20 bits per heavy atom. The molecule has 1 saturated carbocycles. The maximum Gasteiger partial charge on any atom is 0.220 e. The number of nitrogens with one attached hydrogen (secondary N) is 1. The number of methoxy groups -OCH3 is 1. The number of fused-ring (bicyclic) bond motifs is 4. The van der Waals surface area contributed by atoms with E-state index in [1.165, 1.54) is 36.9 Å². The van der Waals surface area contributed by atoms with E-state index in [0.717, 1.165) is 37.5 Å². The van der Waals surface area contributed by atoms with Crippen molar-refractivity contribution in [3.8, 4) is 5.75 Å². The van der Waals surface area contributed by atoms with E-state index in [1.807, 2.05) is 0 Å². The molecule has 4 rings (SSSR count). The summed E-state index contributed by atoms with van der Waals surface area (Å²) in [7, 11) is 3.48. The third-order valence-corrected chi connectivity index (χ3v) is 6.62. The first-order valence-corrected chi connectivity index (χ1v) is 9.75. The molecule has 4 nitrogen and oxygen atoms in total. The second-order valence-electron chi connectivity index (χ2n) is 8.24. The van der Waals surface area contributed by atoms with Gasteiger partial charge in [0.25, 0.3) is 0 Å². The van der Waals surface area contributed by atoms with E-state index in [2.05, 4.69) is 28.4 Å². The summed E-state index contributed by atoms with van der Waals surface area (Å²) in [5.41, 5.74) is 2.75. The quantitative estimate of drug-likeness (QED) is 0.895. The molecule has 2 aliphatic carbocycles. The second-order valence-corrected chi connectivity index (χ2v) is 8.24. The fourth-order valence-corrected chi connectivity index (χ4v) is 4.99. The first kappa shape index (κ1) is 16.9. The number of aryl methyl sites for hydroxylation is 1. The van der Waals surface area contributed by atoms with Crippen LogP contribution in [0, 0.1) is 5.92 Å². The topological polar surface area (TPSA) is 41.6 Å². The van der Waals surface area contributed by atoms with Gasteiger partial charge in [-0.3, -0.25) is 4.79 Å². The number of amides is 1. The normalized spacial score (nSPS) is 28.8. The van der Waals surface area contributed by atoms with E-state index < -0.39 is 0 Å². The fourth-order valence-electron chi connectivity index (χ4n) is 4.99. The van der Waals surface area contributed by atoms with Crippen LogP contribution in [-0.2, 0) is 16.6 Å². The average Bonchev–Trinajstić information content (AvgIpc) is 3.46. The number of carbonyl (C=O) groups is 1. The van der Waals surface area contributed by atoms with Gasteiger partial charge in [0, 0.05) is 31.5 Å². The van der Waals surface area contributed by atoms with Crippen LogP contribution in [0.4, 0.5) is 0 Å². The number of ether oxygens (including phenoxy) is 1. The number of nitrogens with zero attached hydrogens (tertiary/aromatic N) is 1. The van der Waals surface area contributed by atoms with E-state index in [9.17, 15) is 4.79 Å². The Morgan fingerprint density at radius 1 is 1.36 bits per heavy atom. The zero-order valence-electron chi connectivity index (χ0n) is 15.5. The molecule has 1 aliphatic heterocycles. The monoisotopic (exact) mass is 342 g/mol. The predicted octanol–water partition coefficient (Wildman–Crippen LogP) is 2.89. The van der Waals surface area contributed by atoms with Crippen molar-refractivity contribution in [3.05, 3.63) is 29.3 Å². The summed E-state index contributed by atoms with van der Waals surface area (Å²) in [5, 5.41) is 2.86. The number of hydrogen-bond acceptors (Lipinski definition) is 3. The maximum absolute atomic E-state index is 12.4. The van der Waals surface area contributed by atoms with Crippen molar-refractivity contribution >= 4 is 5.91 Å². The van der Waals surface area contributed by atoms with Crippen LogP contribution in [-0.4, -0.2) is 44.1 Å². The van der Waals surface area contributed by atoms with Gasteiger partial charge >= 0.3 is 0 Å². The van der Waals surface area contributed by atoms with Crippen molar-refractivity contribution in [3.63, 3.8) is 0 Å². The van der Waals surface area contributed by atoms with Crippen LogP contribution in [0.1, 0.15) is 49.7 Å². The van der Waals surface area contributed by atoms with Gasteiger partial charge in [0.15, 0.2) is 0 Å². The molecule has 1 amide bonds. The van der Waals surface area contributed by atoms with Crippen molar-refractivity contribution < 1.29 is 9.53 Å². The van der Waals surface area contributed by atoms with E-state index in [0.29, 0.717) is 12.5 Å². The predicted molar refractivity (Wildman–Crippen MR) is 99.0 cm³/mol. The third kappa shape index (κ3) is 3.29. The molecule has 1 saturated heterocycles. The standard InChI is InChI=1S/C21H30N2O2/c1-22-20(24)13-21-9-10-23(14-15-3-4-15)17(12-21)7-5-16-6-8-18(25-2)11-19(16)21/h6,8,11,15,17H,3-5,7,9-10,12-14H2,1-2H3,(H,22,24). The molecule has 0 aromatic heterocycles. The van der Waals surface area contributed by atoms with Crippen molar-refractivity contribution in [2.24, 2.45) is 5.92 Å². The lowest BCUT2D eigenvalue weighted by Gasteiger charge is -2.46. The Hall–Kier alpha value is -1.55. The van der Waals surface area contributed by atoms with Gasteiger partial charge in [-0.05, 0) is 74.2 Å². The molecule has 0 radical (unpaired) electrons. The molecule has 2 unspecified atom stereocenters. The van der Waals surface area contributed by atoms with Gasteiger partial charge in [-0.15, -0.1) is 0 Å². The minimum absolute atomic E-state index is 0.0365. The van der Waals surface area contributed by atoms with Gasteiger partial charge in [0.2, 0.25) is 5.91 Å². The highest BCUT2D eigenvalue weighted by Crippen LogP contribution is 2.47. The largest absolute Gasteiger partial charge is 0.497 e. The lowest BCUT2D eigenvalue weighted by molar-refractivity contribution is -0.122. The van der Waals surface area contributed by atoms with E-state index in [-0.39, 0.29) is 11.3 Å². The molecule has 4 heteroatoms. The molecule has 0 spiro atoms. The lowest BCUT2D eigenvalue weighted by Crippen LogP contribution is -2.50. The first-order valence-electron chi connectivity index (χ1n) is 9.75. The molecule has 1 aromatic carbocycles. The molecule has 1 aromatic rings. The van der Waals surface area contributed by atoms with Gasteiger partial charge < -0.3 is 15.0 Å². The van der Waals surface area contributed by atoms with Crippen LogP contribution < -0.4 is 10.1 Å². The SMILES string of the molecule is CNC(=O)CC12CCN(CC3CC3)C(CCc3ccc(OC)cc31)C2. The average molecular weight is 342 g/mol. The van der Waals surface area contributed by atoms with Crippen LogP contribution in [0.2, 0.25) is 0 Å². The van der Waals surface area contributed by atoms with E-state index >= 15 is 0 Å². The number of piperidine rings is 1. The Labute approximate surface area is 150 Å². The van der Waals surface area contributed by atoms with Crippen LogP contribution in [0.25, 0.3) is 0 Å². The van der Waals surface area contributed by atoms with Crippen molar-refractivity contribution in [1.82, 2.24) is 10.2 Å². The second kappa shape index (κ2) is 6.64. The molecule has 136 valence electrons. The van der Waals surface area contributed by atoms with Crippen LogP contribution in [0.15, 0.2) is 18.2 Å². The zero-order valence-corrected chi connectivity index (χ0v) is 15.5. The molecule has 3 aliphatic rings. The summed E-state index contributed by atoms with van der Waals surface area (Å²) < 4.78 is 5.51. The summed E-state index contributed by atoms with van der Waals surface area (Å²) in [6.45, 7) is 2.38. The van der Waals surface area contributed by atoms with Crippen LogP contribution in [0.5, 0.6) is 5.75 Å². The fraction of sp³-hybridized carbons (Fsp3) is 0.667. The molecule has 2 bridgehead atoms. The molecule has 1 heterocycles. The third-order valence-electron chi connectivity index (χ3n) is 6.62. The van der Waals surface area contributed by atoms with Crippen LogP contribution >= 0.6 is 0 Å². The molecule has 2 atom stereocenters. The lowest BCUT2D eigenvalue weighted by atomic mass is 9.68. The number of hydrogen-bond donors (Lipinski definition) is 1. The summed E-state index contributed by atoms with van der Waals surface area (Å²) >= 11 is 0. The number of likely N-dealkylation sites (tertiary alicyclic amines) is 1. The highest BCUT2D eigenvalue weighted by atomic mass is 16.5. The smallest absolute Gasteiger partial charge is 0.220 e. The molecule has 25 heavy (non-hydrogen) atoms. The van der Waals surface area contributed by atoms with E-state index in [1.54, 1.807) is 14.2 Å². The minimum atomic E-state index is -0.0365. The Morgan fingerprint density at radius 3 is 2.92 bits per heavy atom. The van der Waals surface area contributed by atoms with Gasteiger partial charge in [0.05, 0.1) is 7.11 Å². The molecule has 2 fully saturated rings. The highest BCUT2D eigenvalue weighted by Gasteiger charge is 2.45. The van der Waals surface area contributed by atoms with Crippen LogP contribution in [0.3, 0.4) is 0 Å².